The smallest absolute Gasteiger partial charge is 0.322 e. The van der Waals surface area contributed by atoms with E-state index >= 15 is 0 Å². The lowest BCUT2D eigenvalue weighted by atomic mass is 10.2. The highest BCUT2D eigenvalue weighted by Gasteiger charge is 2.30. The van der Waals surface area contributed by atoms with Gasteiger partial charge in [-0.3, -0.25) is 10.1 Å². The van der Waals surface area contributed by atoms with Gasteiger partial charge in [-0.2, -0.15) is 0 Å². The van der Waals surface area contributed by atoms with E-state index < -0.39 is 28.0 Å². The molecule has 2 rings (SSSR count). The van der Waals surface area contributed by atoms with Crippen molar-refractivity contribution in [2.45, 2.75) is 24.8 Å². The normalized spacial score (nSPS) is 18.8. The van der Waals surface area contributed by atoms with Crippen LogP contribution in [-0.4, -0.2) is 32.9 Å². The molecule has 1 fully saturated rings. The van der Waals surface area contributed by atoms with Crippen molar-refractivity contribution in [2.24, 2.45) is 0 Å². The topological polar surface area (TPSA) is 104 Å². The molecule has 20 heavy (non-hydrogen) atoms. The van der Waals surface area contributed by atoms with Crippen molar-refractivity contribution in [3.8, 4) is 0 Å². The van der Waals surface area contributed by atoms with Crippen LogP contribution in [0, 0.1) is 13.8 Å². The Kier molecular flexibility index (Phi) is 3.78. The molecule has 108 valence electrons. The lowest BCUT2D eigenvalue weighted by Gasteiger charge is -2.12. The Balaban J connectivity index is 2.12. The summed E-state index contributed by atoms with van der Waals surface area (Å²) in [5, 5.41) is 4.36. The van der Waals surface area contributed by atoms with E-state index in [-0.39, 0.29) is 11.4 Å². The van der Waals surface area contributed by atoms with Crippen molar-refractivity contribution in [2.75, 3.05) is 6.54 Å². The van der Waals surface area contributed by atoms with Gasteiger partial charge in [0.15, 0.2) is 0 Å². The minimum Gasteiger partial charge on any atom is -0.325 e. The molecule has 0 spiro atoms. The number of aryl methyl sites for hydroxylation is 2. The Hall–Kier alpha value is -1.93. The summed E-state index contributed by atoms with van der Waals surface area (Å²) in [6, 6.07) is 3.47. The highest BCUT2D eigenvalue weighted by atomic mass is 32.2. The van der Waals surface area contributed by atoms with Gasteiger partial charge in [0.25, 0.3) is 5.91 Å². The van der Waals surface area contributed by atoms with Crippen LogP contribution in [0.3, 0.4) is 0 Å². The zero-order valence-electron chi connectivity index (χ0n) is 11.1. The summed E-state index contributed by atoms with van der Waals surface area (Å²) in [6.07, 6.45) is 0. The van der Waals surface area contributed by atoms with E-state index in [2.05, 4.69) is 10.0 Å². The van der Waals surface area contributed by atoms with Crippen LogP contribution in [0.15, 0.2) is 23.1 Å². The summed E-state index contributed by atoms with van der Waals surface area (Å²) in [6.45, 7) is 3.38. The van der Waals surface area contributed by atoms with E-state index in [1.54, 1.807) is 19.1 Å². The average Bonchev–Trinajstić information content (AvgIpc) is 2.65. The number of sulfonamides is 1. The molecule has 3 N–H and O–H groups in total. The lowest BCUT2D eigenvalue weighted by molar-refractivity contribution is -0.120. The maximum Gasteiger partial charge on any atom is 0.322 e. The number of amides is 3. The second-order valence-electron chi connectivity index (χ2n) is 4.64. The number of hydrogen-bond donors (Lipinski definition) is 3. The maximum atomic E-state index is 12.2. The molecular formula is C12H15N3O4S. The third-order valence-electron chi connectivity index (χ3n) is 2.96. The maximum absolute atomic E-state index is 12.2. The molecule has 1 aromatic rings. The van der Waals surface area contributed by atoms with Crippen LogP contribution in [0.1, 0.15) is 11.1 Å². The number of carbonyl (C=O) groups is 2. The van der Waals surface area contributed by atoms with Gasteiger partial charge in [0, 0.05) is 6.54 Å². The second-order valence-corrected chi connectivity index (χ2v) is 6.37. The Morgan fingerprint density at radius 2 is 1.95 bits per heavy atom. The molecular weight excluding hydrogens is 282 g/mol. The molecule has 0 aromatic heterocycles. The molecule has 1 aliphatic rings. The van der Waals surface area contributed by atoms with Crippen molar-refractivity contribution in [3.05, 3.63) is 29.3 Å². The summed E-state index contributed by atoms with van der Waals surface area (Å²) >= 11 is 0. The molecule has 7 nitrogen and oxygen atoms in total. The lowest BCUT2D eigenvalue weighted by Crippen LogP contribution is -2.41. The van der Waals surface area contributed by atoms with Crippen LogP contribution in [0.4, 0.5) is 4.79 Å². The van der Waals surface area contributed by atoms with Crippen LogP contribution in [0.5, 0.6) is 0 Å². The van der Waals surface area contributed by atoms with Gasteiger partial charge in [-0.25, -0.2) is 17.9 Å². The third kappa shape index (κ3) is 2.97. The number of carbonyl (C=O) groups excluding carboxylic acids is 2. The number of imide groups is 1. The van der Waals surface area contributed by atoms with Gasteiger partial charge < -0.3 is 5.32 Å². The summed E-state index contributed by atoms with van der Waals surface area (Å²) in [7, 11) is -3.72. The summed E-state index contributed by atoms with van der Waals surface area (Å²) in [4.78, 5) is 22.4. The fourth-order valence-electron chi connectivity index (χ4n) is 1.97. The predicted octanol–water partition coefficient (Wildman–Crippen LogP) is -0.210. The number of benzene rings is 1. The number of nitrogens with one attached hydrogen (secondary N) is 3. The quantitative estimate of drug-likeness (QED) is 0.669. The molecule has 0 bridgehead atoms. The zero-order valence-corrected chi connectivity index (χ0v) is 11.9. The average molecular weight is 297 g/mol. The fourth-order valence-corrected chi connectivity index (χ4v) is 3.25. The third-order valence-corrected chi connectivity index (χ3v) is 4.54. The molecule has 0 saturated carbocycles. The first kappa shape index (κ1) is 14.5. The predicted molar refractivity (Wildman–Crippen MR) is 71.6 cm³/mol. The zero-order chi connectivity index (χ0) is 14.9. The van der Waals surface area contributed by atoms with Crippen molar-refractivity contribution in [1.82, 2.24) is 15.4 Å². The van der Waals surface area contributed by atoms with E-state index in [0.29, 0.717) is 5.56 Å². The van der Waals surface area contributed by atoms with Crippen molar-refractivity contribution >= 4 is 22.0 Å². The van der Waals surface area contributed by atoms with Crippen molar-refractivity contribution in [3.63, 3.8) is 0 Å². The van der Waals surface area contributed by atoms with E-state index in [9.17, 15) is 18.0 Å². The highest BCUT2D eigenvalue weighted by molar-refractivity contribution is 7.89. The van der Waals surface area contributed by atoms with Crippen molar-refractivity contribution in [1.29, 1.82) is 0 Å². The molecule has 1 saturated heterocycles. The van der Waals surface area contributed by atoms with Gasteiger partial charge in [0.05, 0.1) is 4.90 Å². The van der Waals surface area contributed by atoms with Gasteiger partial charge in [0.2, 0.25) is 10.0 Å². The number of hydrogen-bond acceptors (Lipinski definition) is 4. The van der Waals surface area contributed by atoms with Crippen molar-refractivity contribution < 1.29 is 18.0 Å². The van der Waals surface area contributed by atoms with Gasteiger partial charge in [-0.05, 0) is 25.5 Å². The minimum atomic E-state index is -3.72. The molecule has 1 atom stereocenters. The van der Waals surface area contributed by atoms with E-state index in [1.807, 2.05) is 12.2 Å². The molecule has 1 heterocycles. The Labute approximate surface area is 116 Å². The Morgan fingerprint density at radius 3 is 2.50 bits per heavy atom. The molecule has 0 aliphatic carbocycles. The van der Waals surface area contributed by atoms with Gasteiger partial charge in [-0.1, -0.05) is 17.7 Å². The van der Waals surface area contributed by atoms with Crippen LogP contribution in [-0.2, 0) is 14.8 Å². The van der Waals surface area contributed by atoms with E-state index in [0.717, 1.165) is 5.56 Å². The number of rotatable bonds is 4. The van der Waals surface area contributed by atoms with Crippen LogP contribution in [0.25, 0.3) is 0 Å². The number of urea groups is 1. The summed E-state index contributed by atoms with van der Waals surface area (Å²) in [5.41, 5.74) is 1.58. The van der Waals surface area contributed by atoms with Crippen LogP contribution < -0.4 is 15.4 Å². The first-order valence-electron chi connectivity index (χ1n) is 5.98. The molecule has 8 heteroatoms. The summed E-state index contributed by atoms with van der Waals surface area (Å²) < 4.78 is 26.6. The highest BCUT2D eigenvalue weighted by Crippen LogP contribution is 2.16. The SMILES string of the molecule is Cc1ccc(S(=O)(=O)NCC2NC(=O)NC2=O)c(C)c1. The van der Waals surface area contributed by atoms with E-state index in [1.165, 1.54) is 6.07 Å². The van der Waals surface area contributed by atoms with Gasteiger partial charge in [-0.15, -0.1) is 0 Å². The Morgan fingerprint density at radius 1 is 1.25 bits per heavy atom. The van der Waals surface area contributed by atoms with Crippen LogP contribution >= 0.6 is 0 Å². The fraction of sp³-hybridized carbons (Fsp3) is 0.333. The first-order chi connectivity index (χ1) is 9.29. The standard InChI is InChI=1S/C12H15N3O4S/c1-7-3-4-10(8(2)5-7)20(18,19)13-6-9-11(16)15-12(17)14-9/h3-5,9,13H,6H2,1-2H3,(H2,14,15,16,17). The van der Waals surface area contributed by atoms with Gasteiger partial charge in [0.1, 0.15) is 6.04 Å². The van der Waals surface area contributed by atoms with Gasteiger partial charge >= 0.3 is 6.03 Å². The molecule has 3 amide bonds. The summed E-state index contributed by atoms with van der Waals surface area (Å²) in [5.74, 6) is -0.543. The molecule has 0 radical (unpaired) electrons. The molecule has 1 aliphatic heterocycles. The largest absolute Gasteiger partial charge is 0.325 e. The second kappa shape index (κ2) is 5.22. The molecule has 1 unspecified atom stereocenters. The first-order valence-corrected chi connectivity index (χ1v) is 7.46. The van der Waals surface area contributed by atoms with Crippen LogP contribution in [0.2, 0.25) is 0 Å². The Bertz CT molecular complexity index is 669. The monoisotopic (exact) mass is 297 g/mol. The molecule has 1 aromatic carbocycles. The minimum absolute atomic E-state index is 0.160. The van der Waals surface area contributed by atoms with E-state index in [4.69, 9.17) is 0 Å².